The number of rotatable bonds is 10. The van der Waals surface area contributed by atoms with E-state index in [-0.39, 0.29) is 36.7 Å². The summed E-state index contributed by atoms with van der Waals surface area (Å²) in [7, 11) is 0. The van der Waals surface area contributed by atoms with Crippen LogP contribution in [-0.4, -0.2) is 41.7 Å². The molecule has 1 unspecified atom stereocenters. The van der Waals surface area contributed by atoms with Gasteiger partial charge < -0.3 is 15.7 Å². The minimum Gasteiger partial charge on any atom is -0.508 e. The summed E-state index contributed by atoms with van der Waals surface area (Å²) in [6.07, 6.45) is 4.33. The molecule has 2 rings (SSSR count). The summed E-state index contributed by atoms with van der Waals surface area (Å²) in [5.74, 6) is -0.414. The van der Waals surface area contributed by atoms with Gasteiger partial charge in [-0.15, -0.1) is 16.7 Å². The number of amides is 3. The van der Waals surface area contributed by atoms with Gasteiger partial charge in [0.15, 0.2) is 0 Å². The number of thioether (sulfide) groups is 1. The van der Waals surface area contributed by atoms with Gasteiger partial charge >= 0.3 is 0 Å². The van der Waals surface area contributed by atoms with Crippen molar-refractivity contribution in [2.24, 2.45) is 23.0 Å². The molecule has 4 N–H and O–H groups in total. The van der Waals surface area contributed by atoms with Crippen molar-refractivity contribution in [3.05, 3.63) is 29.2 Å². The summed E-state index contributed by atoms with van der Waals surface area (Å²) < 4.78 is 0. The number of hydrogen-bond donors (Lipinski definition) is 4. The van der Waals surface area contributed by atoms with Crippen molar-refractivity contribution in [3.8, 4) is 5.75 Å². The van der Waals surface area contributed by atoms with Crippen molar-refractivity contribution < 1.29 is 19.5 Å². The van der Waals surface area contributed by atoms with Gasteiger partial charge in [-0.25, -0.2) is 5.43 Å². The monoisotopic (exact) mass is 496 g/mol. The molecule has 0 aliphatic heterocycles. The van der Waals surface area contributed by atoms with Crippen molar-refractivity contribution >= 4 is 29.5 Å². The Morgan fingerprint density at radius 1 is 1.06 bits per heavy atom. The van der Waals surface area contributed by atoms with E-state index in [0.717, 1.165) is 18.8 Å². The molecule has 1 atom stereocenters. The molecular formula is C24H40N4O5S. The summed E-state index contributed by atoms with van der Waals surface area (Å²) in [5.41, 5.74) is 1.77. The Balaban J connectivity index is 0.000000685. The van der Waals surface area contributed by atoms with Crippen molar-refractivity contribution in [2.75, 3.05) is 12.8 Å². The van der Waals surface area contributed by atoms with Crippen LogP contribution in [0.25, 0.3) is 0 Å². The summed E-state index contributed by atoms with van der Waals surface area (Å²) in [5, 5.41) is 16.4. The molecular weight excluding hydrogens is 456 g/mol. The first kappa shape index (κ1) is 31.4. The largest absolute Gasteiger partial charge is 0.508 e. The molecule has 0 saturated heterocycles. The first-order valence-electron chi connectivity index (χ1n) is 11.5. The molecule has 9 nitrogen and oxygen atoms in total. The van der Waals surface area contributed by atoms with Crippen molar-refractivity contribution in [2.45, 2.75) is 71.2 Å². The highest BCUT2D eigenvalue weighted by Crippen LogP contribution is 2.19. The Kier molecular flexibility index (Phi) is 16.4. The summed E-state index contributed by atoms with van der Waals surface area (Å²) in [6.45, 7) is 10.3. The number of carbonyl (C=O) groups is 3. The number of phenolic OH excluding ortho intramolecular Hbond substituents is 1. The number of benzene rings is 1. The van der Waals surface area contributed by atoms with Crippen LogP contribution in [0.4, 0.5) is 0 Å². The van der Waals surface area contributed by atoms with Crippen molar-refractivity contribution in [3.63, 3.8) is 0 Å². The Labute approximate surface area is 207 Å². The standard InChI is InChI=1S/C13H22N4O4.C7H8OS.C4H10/c1-8(2)5-9(6-11(18)16-17-21)13(20)14-7-12(19)15-10-3-4-10;1-9-7-4-2-6(8)3-5-7;1-4(2)3/h8-10H,3-7H2,1-2H3,(H,14,20)(H,15,19)(H,16,18,21);2-5,8H,1H3;4H,1-3H3. The maximum Gasteiger partial charge on any atom is 0.243 e. The number of phenols is 1. The van der Waals surface area contributed by atoms with Gasteiger partial charge in [-0.1, -0.05) is 34.6 Å². The lowest BCUT2D eigenvalue weighted by Gasteiger charge is -2.17. The number of nitrogens with zero attached hydrogens (tertiary/aromatic N) is 1. The van der Waals surface area contributed by atoms with Crippen molar-refractivity contribution in [1.29, 1.82) is 0 Å². The SMILES string of the molecule is CC(C)C.CC(C)CC(CC(=O)NN=O)C(=O)NCC(=O)NC1CC1.CSc1ccc(O)cc1. The molecule has 1 aromatic rings. The zero-order chi connectivity index (χ0) is 26.1. The van der Waals surface area contributed by atoms with Gasteiger partial charge in [-0.3, -0.25) is 14.4 Å². The molecule has 0 spiro atoms. The topological polar surface area (TPSA) is 137 Å². The summed E-state index contributed by atoms with van der Waals surface area (Å²) in [4.78, 5) is 46.1. The van der Waals surface area contributed by atoms with Crippen LogP contribution >= 0.6 is 11.8 Å². The van der Waals surface area contributed by atoms with E-state index in [0.29, 0.717) is 12.2 Å². The molecule has 0 aromatic heterocycles. The molecule has 1 fully saturated rings. The maximum absolute atomic E-state index is 12.0. The molecule has 0 bridgehead atoms. The third-order valence-electron chi connectivity index (χ3n) is 4.17. The fraction of sp³-hybridized carbons (Fsp3) is 0.625. The first-order chi connectivity index (χ1) is 16.0. The average Bonchev–Trinajstić information content (AvgIpc) is 3.56. The zero-order valence-corrected chi connectivity index (χ0v) is 21.9. The maximum atomic E-state index is 12.0. The minimum absolute atomic E-state index is 0.0997. The Morgan fingerprint density at radius 3 is 2.06 bits per heavy atom. The highest BCUT2D eigenvalue weighted by atomic mass is 32.2. The number of nitrogens with one attached hydrogen (secondary N) is 3. The van der Waals surface area contributed by atoms with E-state index in [1.165, 1.54) is 4.90 Å². The number of nitroso groups, excluding NO2 is 1. The van der Waals surface area contributed by atoms with Crippen molar-refractivity contribution in [1.82, 2.24) is 16.1 Å². The van der Waals surface area contributed by atoms with Crippen LogP contribution in [0, 0.1) is 22.7 Å². The van der Waals surface area contributed by atoms with Crippen LogP contribution in [0.3, 0.4) is 0 Å². The average molecular weight is 497 g/mol. The molecule has 3 amide bonds. The van der Waals surface area contributed by atoms with E-state index in [9.17, 15) is 19.3 Å². The summed E-state index contributed by atoms with van der Waals surface area (Å²) in [6, 6.07) is 7.39. The lowest BCUT2D eigenvalue weighted by Crippen LogP contribution is -2.41. The molecule has 1 aromatic carbocycles. The van der Waals surface area contributed by atoms with Crippen LogP contribution in [-0.2, 0) is 14.4 Å². The van der Waals surface area contributed by atoms with E-state index < -0.39 is 11.8 Å². The van der Waals surface area contributed by atoms with E-state index in [1.807, 2.05) is 32.2 Å². The fourth-order valence-corrected chi connectivity index (χ4v) is 2.98. The molecule has 0 heterocycles. The lowest BCUT2D eigenvalue weighted by atomic mass is 9.93. The number of carbonyl (C=O) groups excluding carboxylic acids is 3. The fourth-order valence-electron chi connectivity index (χ4n) is 2.57. The van der Waals surface area contributed by atoms with E-state index in [2.05, 4.69) is 36.7 Å². The second kappa shape index (κ2) is 17.8. The van der Waals surface area contributed by atoms with E-state index in [1.54, 1.807) is 29.3 Å². The molecule has 192 valence electrons. The highest BCUT2D eigenvalue weighted by molar-refractivity contribution is 7.98. The van der Waals surface area contributed by atoms with Crippen LogP contribution < -0.4 is 16.1 Å². The molecule has 1 saturated carbocycles. The van der Waals surface area contributed by atoms with Crippen LogP contribution in [0.15, 0.2) is 34.4 Å². The van der Waals surface area contributed by atoms with Gasteiger partial charge in [0.25, 0.3) is 0 Å². The van der Waals surface area contributed by atoms with Gasteiger partial charge in [0.05, 0.1) is 11.8 Å². The Hall–Kier alpha value is -2.62. The third-order valence-corrected chi connectivity index (χ3v) is 4.91. The normalized spacial score (nSPS) is 12.9. The Bertz CT molecular complexity index is 749. The molecule has 0 radical (unpaired) electrons. The highest BCUT2D eigenvalue weighted by Gasteiger charge is 2.25. The van der Waals surface area contributed by atoms with Gasteiger partial charge in [-0.05, 0) is 61.6 Å². The molecule has 10 heteroatoms. The predicted molar refractivity (Wildman–Crippen MR) is 136 cm³/mol. The van der Waals surface area contributed by atoms with Gasteiger partial charge in [-0.2, -0.15) is 0 Å². The first-order valence-corrected chi connectivity index (χ1v) is 12.7. The van der Waals surface area contributed by atoms with E-state index in [4.69, 9.17) is 5.11 Å². The van der Waals surface area contributed by atoms with Gasteiger partial charge in [0.2, 0.25) is 17.7 Å². The molecule has 1 aliphatic carbocycles. The van der Waals surface area contributed by atoms with Crippen LogP contribution in [0.2, 0.25) is 0 Å². The van der Waals surface area contributed by atoms with Crippen LogP contribution in [0.1, 0.15) is 60.3 Å². The van der Waals surface area contributed by atoms with Crippen LogP contribution in [0.5, 0.6) is 5.75 Å². The molecule has 1 aliphatic rings. The summed E-state index contributed by atoms with van der Waals surface area (Å²) >= 11 is 1.67. The zero-order valence-electron chi connectivity index (χ0n) is 21.1. The lowest BCUT2D eigenvalue weighted by molar-refractivity contribution is -0.132. The third kappa shape index (κ3) is 17.9. The minimum atomic E-state index is -0.603. The Morgan fingerprint density at radius 2 is 1.62 bits per heavy atom. The second-order valence-corrected chi connectivity index (χ2v) is 10.0. The van der Waals surface area contributed by atoms with E-state index >= 15 is 0 Å². The second-order valence-electron chi connectivity index (χ2n) is 9.15. The predicted octanol–water partition coefficient (Wildman–Crippen LogP) is 4.01. The van der Waals surface area contributed by atoms with Gasteiger partial charge in [0.1, 0.15) is 5.75 Å². The molecule has 34 heavy (non-hydrogen) atoms. The number of hydrogen-bond acceptors (Lipinski definition) is 7. The smallest absolute Gasteiger partial charge is 0.243 e. The quantitative estimate of drug-likeness (QED) is 0.219. The number of aromatic hydroxyl groups is 1. The van der Waals surface area contributed by atoms with Gasteiger partial charge in [0, 0.05) is 23.3 Å².